The van der Waals surface area contributed by atoms with Crippen LogP contribution in [0.15, 0.2) is 30.3 Å². The van der Waals surface area contributed by atoms with Gasteiger partial charge in [0, 0.05) is 12.1 Å². The minimum Gasteiger partial charge on any atom is -0.497 e. The third kappa shape index (κ3) is 3.53. The first-order valence-electron chi connectivity index (χ1n) is 8.05. The van der Waals surface area contributed by atoms with Crippen LogP contribution in [-0.4, -0.2) is 40.0 Å². The molecule has 6 heteroatoms. The monoisotopic (exact) mass is 329 g/mol. The van der Waals surface area contributed by atoms with Crippen LogP contribution < -0.4 is 4.74 Å². The molecule has 0 N–H and O–H groups in total. The van der Waals surface area contributed by atoms with Crippen LogP contribution in [0.3, 0.4) is 0 Å². The number of rotatable bonds is 2. The molecule has 0 spiro atoms. The van der Waals surface area contributed by atoms with Crippen molar-refractivity contribution >= 4 is 6.09 Å². The van der Waals surface area contributed by atoms with Gasteiger partial charge in [-0.25, -0.2) is 4.79 Å². The van der Waals surface area contributed by atoms with Crippen molar-refractivity contribution in [1.82, 2.24) is 14.7 Å². The lowest BCUT2D eigenvalue weighted by Crippen LogP contribution is -2.41. The van der Waals surface area contributed by atoms with Gasteiger partial charge in [-0.2, -0.15) is 5.10 Å². The standard InChI is InChI=1S/C18H23N3O3/c1-18(2,3)24-17(22)20-8-9-21-14(12-20)11-16(19-21)13-6-5-7-15(10-13)23-4/h5-7,10-11H,8-9,12H2,1-4H3. The summed E-state index contributed by atoms with van der Waals surface area (Å²) in [5.41, 5.74) is 2.40. The Hall–Kier alpha value is -2.50. The van der Waals surface area contributed by atoms with Gasteiger partial charge in [-0.1, -0.05) is 12.1 Å². The summed E-state index contributed by atoms with van der Waals surface area (Å²) in [6.45, 7) is 7.39. The maximum atomic E-state index is 12.2. The van der Waals surface area contributed by atoms with Gasteiger partial charge in [0.15, 0.2) is 0 Å². The number of benzene rings is 1. The minimum atomic E-state index is -0.486. The molecule has 6 nitrogen and oxygen atoms in total. The molecule has 0 radical (unpaired) electrons. The molecule has 24 heavy (non-hydrogen) atoms. The third-order valence-electron chi connectivity index (χ3n) is 3.82. The van der Waals surface area contributed by atoms with E-state index < -0.39 is 5.60 Å². The van der Waals surface area contributed by atoms with E-state index in [9.17, 15) is 4.79 Å². The van der Waals surface area contributed by atoms with Gasteiger partial charge in [0.05, 0.1) is 31.6 Å². The Labute approximate surface area is 142 Å². The molecular weight excluding hydrogens is 306 g/mol. The highest BCUT2D eigenvalue weighted by atomic mass is 16.6. The molecule has 0 bridgehead atoms. The van der Waals surface area contributed by atoms with E-state index in [0.717, 1.165) is 22.7 Å². The van der Waals surface area contributed by atoms with Crippen molar-refractivity contribution in [2.45, 2.75) is 39.5 Å². The first kappa shape index (κ1) is 16.4. The molecule has 0 fully saturated rings. The van der Waals surface area contributed by atoms with Crippen molar-refractivity contribution in [2.24, 2.45) is 0 Å². The number of fused-ring (bicyclic) bond motifs is 1. The molecule has 1 amide bonds. The number of nitrogens with zero attached hydrogens (tertiary/aromatic N) is 3. The number of hydrogen-bond donors (Lipinski definition) is 0. The summed E-state index contributed by atoms with van der Waals surface area (Å²) in [5, 5.41) is 4.65. The second-order valence-corrected chi connectivity index (χ2v) is 6.88. The van der Waals surface area contributed by atoms with Crippen LogP contribution in [-0.2, 0) is 17.8 Å². The Balaban J connectivity index is 1.78. The number of carbonyl (C=O) groups is 1. The highest BCUT2D eigenvalue weighted by molar-refractivity contribution is 5.68. The van der Waals surface area contributed by atoms with Gasteiger partial charge in [-0.15, -0.1) is 0 Å². The van der Waals surface area contributed by atoms with Crippen molar-refractivity contribution < 1.29 is 14.3 Å². The van der Waals surface area contributed by atoms with Crippen LogP contribution in [0, 0.1) is 0 Å². The molecular formula is C18H23N3O3. The Bertz CT molecular complexity index is 746. The fourth-order valence-corrected chi connectivity index (χ4v) is 2.67. The molecule has 128 valence electrons. The Morgan fingerprint density at radius 2 is 2.00 bits per heavy atom. The van der Waals surface area contributed by atoms with Crippen LogP contribution in [0.4, 0.5) is 4.79 Å². The van der Waals surface area contributed by atoms with Gasteiger partial charge in [-0.05, 0) is 39.0 Å². The normalized spacial score (nSPS) is 14.2. The molecule has 1 aliphatic rings. The number of amides is 1. The topological polar surface area (TPSA) is 56.6 Å². The van der Waals surface area contributed by atoms with Crippen LogP contribution in [0.2, 0.25) is 0 Å². The van der Waals surface area contributed by atoms with Gasteiger partial charge in [0.1, 0.15) is 11.4 Å². The van der Waals surface area contributed by atoms with Crippen molar-refractivity contribution in [3.05, 3.63) is 36.0 Å². The predicted octanol–water partition coefficient (Wildman–Crippen LogP) is 3.31. The van der Waals surface area contributed by atoms with E-state index >= 15 is 0 Å². The second kappa shape index (κ2) is 6.19. The van der Waals surface area contributed by atoms with E-state index in [2.05, 4.69) is 5.10 Å². The number of methoxy groups -OCH3 is 1. The van der Waals surface area contributed by atoms with Crippen LogP contribution in [0.25, 0.3) is 11.3 Å². The van der Waals surface area contributed by atoms with E-state index in [0.29, 0.717) is 19.6 Å². The molecule has 0 atom stereocenters. The van der Waals surface area contributed by atoms with Crippen molar-refractivity contribution in [3.63, 3.8) is 0 Å². The summed E-state index contributed by atoms with van der Waals surface area (Å²) in [6.07, 6.45) is -0.280. The summed E-state index contributed by atoms with van der Waals surface area (Å²) in [5.74, 6) is 0.800. The molecule has 0 saturated heterocycles. The highest BCUT2D eigenvalue weighted by Crippen LogP contribution is 2.25. The highest BCUT2D eigenvalue weighted by Gasteiger charge is 2.26. The quantitative estimate of drug-likeness (QED) is 0.848. The molecule has 0 saturated carbocycles. The molecule has 3 rings (SSSR count). The zero-order valence-electron chi connectivity index (χ0n) is 14.6. The first-order chi connectivity index (χ1) is 11.4. The van der Waals surface area contributed by atoms with Gasteiger partial charge in [-0.3, -0.25) is 4.68 Å². The second-order valence-electron chi connectivity index (χ2n) is 6.88. The van der Waals surface area contributed by atoms with E-state index in [1.54, 1.807) is 12.0 Å². The predicted molar refractivity (Wildman–Crippen MR) is 90.9 cm³/mol. The van der Waals surface area contributed by atoms with Crippen LogP contribution in [0.5, 0.6) is 5.75 Å². The van der Waals surface area contributed by atoms with Crippen molar-refractivity contribution in [3.8, 4) is 17.0 Å². The van der Waals surface area contributed by atoms with Gasteiger partial charge >= 0.3 is 6.09 Å². The Morgan fingerprint density at radius 3 is 2.71 bits per heavy atom. The zero-order chi connectivity index (χ0) is 17.3. The van der Waals surface area contributed by atoms with Crippen LogP contribution >= 0.6 is 0 Å². The summed E-state index contributed by atoms with van der Waals surface area (Å²) in [4.78, 5) is 14.0. The minimum absolute atomic E-state index is 0.280. The Morgan fingerprint density at radius 1 is 1.21 bits per heavy atom. The number of ether oxygens (including phenoxy) is 2. The molecule has 1 aromatic carbocycles. The van der Waals surface area contributed by atoms with Gasteiger partial charge < -0.3 is 14.4 Å². The van der Waals surface area contributed by atoms with E-state index in [1.807, 2.05) is 55.8 Å². The average molecular weight is 329 g/mol. The average Bonchev–Trinajstić information content (AvgIpc) is 2.96. The zero-order valence-corrected chi connectivity index (χ0v) is 14.6. The molecule has 0 unspecified atom stereocenters. The van der Waals surface area contributed by atoms with E-state index in [1.165, 1.54) is 0 Å². The largest absolute Gasteiger partial charge is 0.497 e. The fourth-order valence-electron chi connectivity index (χ4n) is 2.67. The lowest BCUT2D eigenvalue weighted by atomic mass is 10.1. The summed E-state index contributed by atoms with van der Waals surface area (Å²) in [6, 6.07) is 9.83. The lowest BCUT2D eigenvalue weighted by Gasteiger charge is -2.30. The number of hydrogen-bond acceptors (Lipinski definition) is 4. The van der Waals surface area contributed by atoms with Crippen molar-refractivity contribution in [1.29, 1.82) is 0 Å². The smallest absolute Gasteiger partial charge is 0.410 e. The first-order valence-corrected chi connectivity index (χ1v) is 8.05. The maximum Gasteiger partial charge on any atom is 0.410 e. The van der Waals surface area contributed by atoms with Crippen LogP contribution in [0.1, 0.15) is 26.5 Å². The fraction of sp³-hybridized carbons (Fsp3) is 0.444. The maximum absolute atomic E-state index is 12.2. The summed E-state index contributed by atoms with van der Waals surface area (Å²) in [7, 11) is 1.65. The number of aromatic nitrogens is 2. The molecule has 1 aromatic heterocycles. The van der Waals surface area contributed by atoms with Crippen molar-refractivity contribution in [2.75, 3.05) is 13.7 Å². The number of carbonyl (C=O) groups excluding carboxylic acids is 1. The molecule has 2 heterocycles. The van der Waals surface area contributed by atoms with E-state index in [-0.39, 0.29) is 6.09 Å². The molecule has 2 aromatic rings. The summed E-state index contributed by atoms with van der Waals surface area (Å²) >= 11 is 0. The third-order valence-corrected chi connectivity index (χ3v) is 3.82. The summed E-state index contributed by atoms with van der Waals surface area (Å²) < 4.78 is 12.7. The molecule has 0 aliphatic carbocycles. The van der Waals surface area contributed by atoms with Gasteiger partial charge in [0.25, 0.3) is 0 Å². The lowest BCUT2D eigenvalue weighted by molar-refractivity contribution is 0.0194. The molecule has 1 aliphatic heterocycles. The van der Waals surface area contributed by atoms with Gasteiger partial charge in [0.2, 0.25) is 0 Å². The Kier molecular flexibility index (Phi) is 4.22. The van der Waals surface area contributed by atoms with E-state index in [4.69, 9.17) is 9.47 Å². The SMILES string of the molecule is COc1cccc(-c2cc3n(n2)CCN(C(=O)OC(C)(C)C)C3)c1.